The first-order valence-corrected chi connectivity index (χ1v) is 15.1. The lowest BCUT2D eigenvalue weighted by molar-refractivity contribution is 1.43. The van der Waals surface area contributed by atoms with Gasteiger partial charge in [-0.2, -0.15) is 0 Å². The SMILES string of the molecule is c1ccc(-c2nc3ccccc3c3c2ccc2sc4c(-c5ccc6c(c5)sc5ccccc56)cccc4c23)cc1. The minimum absolute atomic E-state index is 1.03. The average molecular weight is 544 g/mol. The minimum Gasteiger partial charge on any atom is -0.247 e. The predicted molar refractivity (Wildman–Crippen MR) is 176 cm³/mol. The molecule has 3 heteroatoms. The number of nitrogens with zero attached hydrogens (tertiary/aromatic N) is 1. The Labute approximate surface area is 238 Å². The van der Waals surface area contributed by atoms with Gasteiger partial charge in [0.15, 0.2) is 0 Å². The number of thiophene rings is 2. The number of rotatable bonds is 2. The van der Waals surface area contributed by atoms with Crippen LogP contribution in [0.3, 0.4) is 0 Å². The van der Waals surface area contributed by atoms with Gasteiger partial charge in [-0.3, -0.25) is 0 Å². The van der Waals surface area contributed by atoms with Gasteiger partial charge in [-0.05, 0) is 35.4 Å². The largest absolute Gasteiger partial charge is 0.247 e. The monoisotopic (exact) mass is 543 g/mol. The zero-order valence-electron chi connectivity index (χ0n) is 21.4. The molecule has 40 heavy (non-hydrogen) atoms. The van der Waals surface area contributed by atoms with Gasteiger partial charge in [0.2, 0.25) is 0 Å². The van der Waals surface area contributed by atoms with E-state index in [2.05, 4.69) is 127 Å². The van der Waals surface area contributed by atoms with Gasteiger partial charge in [-0.15, -0.1) is 22.7 Å². The van der Waals surface area contributed by atoms with Crippen LogP contribution in [0.4, 0.5) is 0 Å². The van der Waals surface area contributed by atoms with Crippen molar-refractivity contribution >= 4 is 84.7 Å². The summed E-state index contributed by atoms with van der Waals surface area (Å²) in [5.74, 6) is 0. The maximum atomic E-state index is 5.16. The molecular formula is C37H21NS2. The summed E-state index contributed by atoms with van der Waals surface area (Å²) in [6.45, 7) is 0. The molecule has 0 radical (unpaired) electrons. The molecule has 186 valence electrons. The molecule has 3 heterocycles. The fourth-order valence-electron chi connectivity index (χ4n) is 6.27. The molecule has 0 bridgehead atoms. The summed E-state index contributed by atoms with van der Waals surface area (Å²) >= 11 is 3.78. The summed E-state index contributed by atoms with van der Waals surface area (Å²) in [5.41, 5.74) is 5.80. The number of aromatic nitrogens is 1. The first-order chi connectivity index (χ1) is 19.8. The van der Waals surface area contributed by atoms with Gasteiger partial charge in [0, 0.05) is 62.1 Å². The quantitative estimate of drug-likeness (QED) is 0.198. The minimum atomic E-state index is 1.03. The van der Waals surface area contributed by atoms with E-state index >= 15 is 0 Å². The molecule has 0 aliphatic heterocycles. The molecule has 9 aromatic rings. The summed E-state index contributed by atoms with van der Waals surface area (Å²) in [7, 11) is 0. The second-order valence-electron chi connectivity index (χ2n) is 10.3. The molecule has 3 aromatic heterocycles. The molecule has 0 saturated heterocycles. The maximum Gasteiger partial charge on any atom is 0.0788 e. The van der Waals surface area contributed by atoms with E-state index in [1.165, 1.54) is 67.6 Å². The summed E-state index contributed by atoms with van der Waals surface area (Å²) in [6.07, 6.45) is 0. The molecular weight excluding hydrogens is 523 g/mol. The molecule has 0 saturated carbocycles. The predicted octanol–water partition coefficient (Wildman–Crippen LogP) is 11.5. The van der Waals surface area contributed by atoms with Crippen molar-refractivity contribution in [3.8, 4) is 22.4 Å². The Balaban J connectivity index is 1.37. The van der Waals surface area contributed by atoms with Crippen molar-refractivity contribution < 1.29 is 0 Å². The van der Waals surface area contributed by atoms with Gasteiger partial charge >= 0.3 is 0 Å². The van der Waals surface area contributed by atoms with Gasteiger partial charge in [0.05, 0.1) is 11.2 Å². The van der Waals surface area contributed by atoms with Crippen LogP contribution in [-0.4, -0.2) is 4.98 Å². The van der Waals surface area contributed by atoms with E-state index in [0.29, 0.717) is 0 Å². The number of hydrogen-bond acceptors (Lipinski definition) is 3. The number of pyridine rings is 1. The highest BCUT2D eigenvalue weighted by molar-refractivity contribution is 7.26. The highest BCUT2D eigenvalue weighted by atomic mass is 32.1. The van der Waals surface area contributed by atoms with Crippen LogP contribution in [0.15, 0.2) is 127 Å². The number of para-hydroxylation sites is 1. The van der Waals surface area contributed by atoms with E-state index in [1.54, 1.807) is 0 Å². The van der Waals surface area contributed by atoms with Crippen LogP contribution >= 0.6 is 22.7 Å². The first-order valence-electron chi connectivity index (χ1n) is 13.5. The Morgan fingerprint density at radius 3 is 2.10 bits per heavy atom. The van der Waals surface area contributed by atoms with Crippen molar-refractivity contribution in [3.05, 3.63) is 127 Å². The van der Waals surface area contributed by atoms with E-state index in [1.807, 2.05) is 22.7 Å². The number of fused-ring (bicyclic) bond motifs is 10. The standard InChI is InChI=1S/C37H21NS2/c1-2-9-22(10-3-1)36-28-19-20-32-35(34(28)27-12-4-6-15-30(27)38-36)29-14-8-13-24(37(29)40-32)23-17-18-26-25-11-5-7-16-31(25)39-33(26)21-23/h1-21H. The van der Waals surface area contributed by atoms with Crippen LogP contribution in [0.25, 0.3) is 84.4 Å². The van der Waals surface area contributed by atoms with Crippen molar-refractivity contribution in [2.75, 3.05) is 0 Å². The molecule has 0 N–H and O–H groups in total. The normalized spacial score (nSPS) is 12.0. The molecule has 0 spiro atoms. The zero-order valence-corrected chi connectivity index (χ0v) is 23.0. The second-order valence-corrected chi connectivity index (χ2v) is 12.4. The lowest BCUT2D eigenvalue weighted by Gasteiger charge is -2.11. The van der Waals surface area contributed by atoms with E-state index in [9.17, 15) is 0 Å². The van der Waals surface area contributed by atoms with E-state index in [-0.39, 0.29) is 0 Å². The fraction of sp³-hybridized carbons (Fsp3) is 0. The van der Waals surface area contributed by atoms with Crippen LogP contribution in [0, 0.1) is 0 Å². The Morgan fingerprint density at radius 1 is 0.425 bits per heavy atom. The topological polar surface area (TPSA) is 12.9 Å². The average Bonchev–Trinajstić information content (AvgIpc) is 3.59. The Kier molecular flexibility index (Phi) is 4.71. The molecule has 0 unspecified atom stereocenters. The number of hydrogen-bond donors (Lipinski definition) is 0. The molecule has 0 aliphatic carbocycles. The Hall–Kier alpha value is -4.57. The zero-order chi connectivity index (χ0) is 26.2. The van der Waals surface area contributed by atoms with Crippen molar-refractivity contribution in [1.82, 2.24) is 4.98 Å². The van der Waals surface area contributed by atoms with E-state index in [4.69, 9.17) is 4.98 Å². The molecule has 0 aliphatic rings. The summed E-state index contributed by atoms with van der Waals surface area (Å²) in [4.78, 5) is 5.16. The van der Waals surface area contributed by atoms with Crippen LogP contribution in [0.5, 0.6) is 0 Å². The molecule has 0 amide bonds. The van der Waals surface area contributed by atoms with Gasteiger partial charge in [0.25, 0.3) is 0 Å². The van der Waals surface area contributed by atoms with Gasteiger partial charge in [0.1, 0.15) is 0 Å². The van der Waals surface area contributed by atoms with Crippen molar-refractivity contribution in [2.24, 2.45) is 0 Å². The third kappa shape index (κ3) is 3.16. The van der Waals surface area contributed by atoms with Crippen LogP contribution in [-0.2, 0) is 0 Å². The van der Waals surface area contributed by atoms with Crippen LogP contribution < -0.4 is 0 Å². The van der Waals surface area contributed by atoms with E-state index < -0.39 is 0 Å². The third-order valence-corrected chi connectivity index (χ3v) is 10.4. The lowest BCUT2D eigenvalue weighted by Crippen LogP contribution is -1.90. The Bertz CT molecular complexity index is 2430. The summed E-state index contributed by atoms with van der Waals surface area (Å²) < 4.78 is 5.34. The highest BCUT2D eigenvalue weighted by Gasteiger charge is 2.18. The van der Waals surface area contributed by atoms with Crippen molar-refractivity contribution in [1.29, 1.82) is 0 Å². The van der Waals surface area contributed by atoms with Gasteiger partial charge in [-0.1, -0.05) is 103 Å². The highest BCUT2D eigenvalue weighted by Crippen LogP contribution is 2.46. The molecule has 0 atom stereocenters. The molecule has 0 fully saturated rings. The molecule has 1 nitrogen and oxygen atoms in total. The fourth-order valence-corrected chi connectivity index (χ4v) is 8.66. The maximum absolute atomic E-state index is 5.16. The van der Waals surface area contributed by atoms with Crippen molar-refractivity contribution in [2.45, 2.75) is 0 Å². The lowest BCUT2D eigenvalue weighted by atomic mass is 9.95. The first kappa shape index (κ1) is 22.3. The van der Waals surface area contributed by atoms with Gasteiger partial charge in [-0.25, -0.2) is 4.98 Å². The summed E-state index contributed by atoms with van der Waals surface area (Å²) in [6, 6.07) is 46.2. The number of benzene rings is 6. The van der Waals surface area contributed by atoms with Gasteiger partial charge < -0.3 is 0 Å². The smallest absolute Gasteiger partial charge is 0.0788 e. The van der Waals surface area contributed by atoms with E-state index in [0.717, 1.165) is 16.8 Å². The third-order valence-electron chi connectivity index (χ3n) is 8.06. The molecule has 9 rings (SSSR count). The molecule has 6 aromatic carbocycles. The second kappa shape index (κ2) is 8.46. The van der Waals surface area contributed by atoms with Crippen LogP contribution in [0.2, 0.25) is 0 Å². The Morgan fingerprint density at radius 2 is 1.18 bits per heavy atom. The van der Waals surface area contributed by atoms with Crippen molar-refractivity contribution in [3.63, 3.8) is 0 Å². The van der Waals surface area contributed by atoms with Crippen LogP contribution in [0.1, 0.15) is 0 Å². The summed E-state index contributed by atoms with van der Waals surface area (Å²) in [5, 5.41) is 9.04.